The Morgan fingerprint density at radius 2 is 1.71 bits per heavy atom. The molecule has 5 rings (SSSR count). The summed E-state index contributed by atoms with van der Waals surface area (Å²) in [4.78, 5) is 66.4. The molecule has 1 aromatic heterocycles. The Hall–Kier alpha value is -5.20. The Labute approximate surface area is 349 Å². The molecule has 0 spiro atoms. The molecule has 4 atom stereocenters. The maximum atomic E-state index is 13.9. The number of nitrogens with one attached hydrogen (secondary N) is 1. The predicted molar refractivity (Wildman–Crippen MR) is 211 cm³/mol. The van der Waals surface area contributed by atoms with Gasteiger partial charge in [0.25, 0.3) is 11.8 Å². The van der Waals surface area contributed by atoms with Crippen LogP contribution in [0.4, 0.5) is 4.79 Å². The molecule has 0 fully saturated rings. The van der Waals surface area contributed by atoms with Crippen LogP contribution < -0.4 is 5.32 Å². The number of aliphatic hydroxyl groups excluding tert-OH is 1. The topological polar surface area (TPSA) is 214 Å². The van der Waals surface area contributed by atoms with Gasteiger partial charge in [0.2, 0.25) is 6.29 Å². The molecule has 316 valence electrons. The largest absolute Gasteiger partial charge is 0.511 e. The second-order valence-electron chi connectivity index (χ2n) is 13.8. The molecule has 0 bridgehead atoms. The molecule has 3 aromatic carbocycles. The highest BCUT2D eigenvalue weighted by Gasteiger charge is 2.32. The van der Waals surface area contributed by atoms with Gasteiger partial charge in [0.15, 0.2) is 16.1 Å². The summed E-state index contributed by atoms with van der Waals surface area (Å²) < 4.78 is 55.6. The SMILES string of the molecule is CC(=O)OCC(COC(=O)OC(C)OC(=O)[C@H](Cc1cccc(S(C)(=O)=O)c1)NC(=O)c1c(Cl)cc2c(c1Cl)CCN(C(=O)c1ccc3ccoc3c1)C2)COC(C)O. The second-order valence-corrected chi connectivity index (χ2v) is 16.6. The molecular formula is C40H42Cl2N2O14S. The fraction of sp³-hybridized carbons (Fsp3) is 0.375. The van der Waals surface area contributed by atoms with Gasteiger partial charge in [-0.1, -0.05) is 41.4 Å². The van der Waals surface area contributed by atoms with Crippen molar-refractivity contribution in [1.82, 2.24) is 10.2 Å². The van der Waals surface area contributed by atoms with E-state index in [1.165, 1.54) is 51.3 Å². The van der Waals surface area contributed by atoms with Crippen molar-refractivity contribution < 1.29 is 65.6 Å². The number of hydrogen-bond donors (Lipinski definition) is 2. The van der Waals surface area contributed by atoms with Gasteiger partial charge in [0.1, 0.15) is 18.2 Å². The quantitative estimate of drug-likeness (QED) is 0.0835. The number of nitrogens with zero attached hydrogens (tertiary/aromatic N) is 1. The van der Waals surface area contributed by atoms with E-state index in [0.29, 0.717) is 27.8 Å². The number of amides is 2. The lowest BCUT2D eigenvalue weighted by Gasteiger charge is -2.30. The molecule has 4 aromatic rings. The van der Waals surface area contributed by atoms with E-state index in [4.69, 9.17) is 51.3 Å². The smallest absolute Gasteiger partial charge is 0.465 e. The average molecular weight is 878 g/mol. The summed E-state index contributed by atoms with van der Waals surface area (Å²) in [5.74, 6) is -3.43. The zero-order valence-electron chi connectivity index (χ0n) is 32.4. The number of esters is 2. The highest BCUT2D eigenvalue weighted by Crippen LogP contribution is 2.35. The zero-order chi connectivity index (χ0) is 43.0. The average Bonchev–Trinajstić information content (AvgIpc) is 3.64. The Balaban J connectivity index is 1.30. The number of benzene rings is 3. The van der Waals surface area contributed by atoms with Crippen LogP contribution in [0.1, 0.15) is 58.2 Å². The van der Waals surface area contributed by atoms with E-state index in [1.807, 2.05) is 0 Å². The van der Waals surface area contributed by atoms with Crippen LogP contribution in [-0.4, -0.2) is 99.6 Å². The number of halogens is 2. The molecule has 16 nitrogen and oxygen atoms in total. The van der Waals surface area contributed by atoms with Crippen molar-refractivity contribution >= 4 is 73.9 Å². The maximum absolute atomic E-state index is 13.9. The van der Waals surface area contributed by atoms with Crippen LogP contribution in [0.2, 0.25) is 10.0 Å². The van der Waals surface area contributed by atoms with E-state index in [2.05, 4.69) is 5.32 Å². The highest BCUT2D eigenvalue weighted by molar-refractivity contribution is 7.90. The van der Waals surface area contributed by atoms with Gasteiger partial charge in [-0.2, -0.15) is 0 Å². The first kappa shape index (κ1) is 44.9. The summed E-state index contributed by atoms with van der Waals surface area (Å²) in [6.07, 6.45) is -1.38. The molecule has 0 saturated heterocycles. The van der Waals surface area contributed by atoms with E-state index in [0.717, 1.165) is 11.6 Å². The molecule has 0 radical (unpaired) electrons. The lowest BCUT2D eigenvalue weighted by atomic mass is 9.95. The van der Waals surface area contributed by atoms with Gasteiger partial charge in [-0.3, -0.25) is 14.4 Å². The van der Waals surface area contributed by atoms with Crippen molar-refractivity contribution in [2.45, 2.75) is 63.7 Å². The van der Waals surface area contributed by atoms with Gasteiger partial charge in [-0.15, -0.1) is 0 Å². The van der Waals surface area contributed by atoms with E-state index >= 15 is 0 Å². The number of sulfone groups is 1. The third-order valence-corrected chi connectivity index (χ3v) is 10.9. The van der Waals surface area contributed by atoms with Crippen LogP contribution in [0.15, 0.2) is 70.2 Å². The van der Waals surface area contributed by atoms with Crippen molar-refractivity contribution in [3.63, 3.8) is 0 Å². The van der Waals surface area contributed by atoms with Crippen molar-refractivity contribution in [2.75, 3.05) is 32.6 Å². The summed E-state index contributed by atoms with van der Waals surface area (Å²) in [5.41, 5.74) is 2.40. The van der Waals surface area contributed by atoms with Crippen LogP contribution >= 0.6 is 23.2 Å². The van der Waals surface area contributed by atoms with Crippen molar-refractivity contribution in [3.05, 3.63) is 98.7 Å². The molecule has 1 aliphatic heterocycles. The lowest BCUT2D eigenvalue weighted by Crippen LogP contribution is -2.45. The van der Waals surface area contributed by atoms with E-state index in [-0.39, 0.29) is 72.2 Å². The summed E-state index contributed by atoms with van der Waals surface area (Å²) in [5, 5.41) is 12.8. The molecule has 1 aliphatic rings. The predicted octanol–water partition coefficient (Wildman–Crippen LogP) is 5.26. The minimum absolute atomic E-state index is 0.0191. The summed E-state index contributed by atoms with van der Waals surface area (Å²) in [7, 11) is -3.64. The Kier molecular flexibility index (Phi) is 15.0. The number of rotatable bonds is 16. The highest BCUT2D eigenvalue weighted by atomic mass is 35.5. The second kappa shape index (κ2) is 19.7. The van der Waals surface area contributed by atoms with Gasteiger partial charge < -0.3 is 43.4 Å². The number of hydrogen-bond acceptors (Lipinski definition) is 14. The molecule has 59 heavy (non-hydrogen) atoms. The summed E-state index contributed by atoms with van der Waals surface area (Å²) in [6, 6.07) is 12.7. The number of furan rings is 1. The van der Waals surface area contributed by atoms with Crippen LogP contribution in [0.5, 0.6) is 0 Å². The van der Waals surface area contributed by atoms with Gasteiger partial charge in [-0.05, 0) is 66.4 Å². The van der Waals surface area contributed by atoms with Gasteiger partial charge in [0, 0.05) is 50.6 Å². The van der Waals surface area contributed by atoms with E-state index in [1.54, 1.807) is 35.2 Å². The molecule has 3 unspecified atom stereocenters. The first-order valence-corrected chi connectivity index (χ1v) is 20.9. The Bertz CT molecular complexity index is 2330. The molecule has 2 N–H and O–H groups in total. The summed E-state index contributed by atoms with van der Waals surface area (Å²) >= 11 is 13.5. The van der Waals surface area contributed by atoms with Crippen molar-refractivity contribution in [3.8, 4) is 0 Å². The molecule has 0 aliphatic carbocycles. The van der Waals surface area contributed by atoms with Gasteiger partial charge in [-0.25, -0.2) is 18.0 Å². The third-order valence-electron chi connectivity index (χ3n) is 9.06. The number of carbonyl (C=O) groups excluding carboxylic acids is 5. The lowest BCUT2D eigenvalue weighted by molar-refractivity contribution is -0.170. The van der Waals surface area contributed by atoms with Crippen molar-refractivity contribution in [2.24, 2.45) is 5.92 Å². The fourth-order valence-electron chi connectivity index (χ4n) is 6.15. The van der Waals surface area contributed by atoms with Crippen LogP contribution in [0.25, 0.3) is 11.0 Å². The number of aliphatic hydroxyl groups is 1. The first-order chi connectivity index (χ1) is 27.9. The number of carbonyl (C=O) groups is 5. The zero-order valence-corrected chi connectivity index (χ0v) is 34.7. The van der Waals surface area contributed by atoms with Crippen LogP contribution in [0, 0.1) is 5.92 Å². The van der Waals surface area contributed by atoms with Gasteiger partial charge >= 0.3 is 18.1 Å². The maximum Gasteiger partial charge on any atom is 0.511 e. The Morgan fingerprint density at radius 3 is 2.42 bits per heavy atom. The summed E-state index contributed by atoms with van der Waals surface area (Å²) in [6.45, 7) is 3.52. The third kappa shape index (κ3) is 12.2. The van der Waals surface area contributed by atoms with E-state index < -0.39 is 58.4 Å². The monoisotopic (exact) mass is 876 g/mol. The van der Waals surface area contributed by atoms with E-state index in [9.17, 15) is 37.5 Å². The molecule has 2 amide bonds. The van der Waals surface area contributed by atoms with Gasteiger partial charge in [0.05, 0.1) is 45.9 Å². The Morgan fingerprint density at radius 1 is 0.966 bits per heavy atom. The number of ether oxygens (including phenoxy) is 5. The normalized spacial score (nSPS) is 14.7. The minimum atomic E-state index is -3.64. The molecule has 19 heteroatoms. The van der Waals surface area contributed by atoms with Crippen LogP contribution in [-0.2, 0) is 62.5 Å². The first-order valence-electron chi connectivity index (χ1n) is 18.2. The molecule has 2 heterocycles. The van der Waals surface area contributed by atoms with Crippen molar-refractivity contribution in [1.29, 1.82) is 0 Å². The number of fused-ring (bicyclic) bond motifs is 2. The standard InChI is InChI=1S/C40H42Cl2N2O14S/c1-22(45)54-19-26(20-55-23(2)46)21-56-40(50)58-24(3)57-39(49)33(15-25-6-5-7-30(14-25)59(4,51)52)43-37(47)35-32(41)16-29-18-44(12-10-31(29)36(35)42)38(48)28-9-8-27-11-13-53-34(27)17-28/h5-9,11,13-14,16-17,22,24,26,33,45H,10,12,15,18-21H2,1-4H3,(H,43,47)/t22?,24?,26?,33-/m0/s1. The molecule has 0 saturated carbocycles. The van der Waals surface area contributed by atoms with Crippen LogP contribution in [0.3, 0.4) is 0 Å². The fourth-order valence-corrected chi connectivity index (χ4v) is 7.60. The molecular weight excluding hydrogens is 835 g/mol. The minimum Gasteiger partial charge on any atom is -0.465 e.